The maximum absolute atomic E-state index is 11.8. The summed E-state index contributed by atoms with van der Waals surface area (Å²) in [5.41, 5.74) is 3.02. The predicted octanol–water partition coefficient (Wildman–Crippen LogP) is 2.27. The summed E-state index contributed by atoms with van der Waals surface area (Å²) in [6.45, 7) is 4.37. The molecule has 4 heterocycles. The summed E-state index contributed by atoms with van der Waals surface area (Å²) < 4.78 is 0.489. The molecule has 0 radical (unpaired) electrons. The first-order valence-electron chi connectivity index (χ1n) is 8.63. The van der Waals surface area contributed by atoms with Gasteiger partial charge in [-0.15, -0.1) is 0 Å². The van der Waals surface area contributed by atoms with E-state index in [-0.39, 0.29) is 5.56 Å². The highest BCUT2D eigenvalue weighted by atomic mass is 79.9. The minimum absolute atomic E-state index is 0.148. The van der Waals surface area contributed by atoms with E-state index in [2.05, 4.69) is 46.8 Å². The Labute approximate surface area is 164 Å². The van der Waals surface area contributed by atoms with Crippen LogP contribution in [0.5, 0.6) is 0 Å². The minimum Gasteiger partial charge on any atom is -0.354 e. The second-order valence-corrected chi connectivity index (χ2v) is 7.36. The highest BCUT2D eigenvalue weighted by molar-refractivity contribution is 9.10. The standard InChI is InChI=1S/C19H17BrN6O/c20-15-8-16-17(24-19(15)27)7-14(11-22-16)12-25-3-5-26(6-4-25)18-2-1-13(9-21)10-23-18/h1-2,7-8,10-11H,3-6,12H2,(H,24,27). The first-order valence-corrected chi connectivity index (χ1v) is 9.42. The molecule has 0 bridgehead atoms. The number of nitrogens with one attached hydrogen (secondary N) is 1. The summed E-state index contributed by atoms with van der Waals surface area (Å²) in [7, 11) is 0. The molecule has 4 rings (SSSR count). The van der Waals surface area contributed by atoms with Crippen LogP contribution >= 0.6 is 15.9 Å². The number of nitriles is 1. The fourth-order valence-electron chi connectivity index (χ4n) is 3.22. The van der Waals surface area contributed by atoms with Gasteiger partial charge in [-0.2, -0.15) is 5.26 Å². The molecule has 0 aliphatic carbocycles. The number of halogens is 1. The number of hydrogen-bond acceptors (Lipinski definition) is 6. The van der Waals surface area contributed by atoms with Gasteiger partial charge in [0.25, 0.3) is 5.56 Å². The van der Waals surface area contributed by atoms with Gasteiger partial charge in [0.1, 0.15) is 11.9 Å². The fraction of sp³-hybridized carbons (Fsp3) is 0.263. The second-order valence-electron chi connectivity index (χ2n) is 6.50. The smallest absolute Gasteiger partial charge is 0.262 e. The maximum atomic E-state index is 11.8. The Hall–Kier alpha value is -2.76. The summed E-state index contributed by atoms with van der Waals surface area (Å²) in [5.74, 6) is 0.907. The van der Waals surface area contributed by atoms with E-state index >= 15 is 0 Å². The molecule has 27 heavy (non-hydrogen) atoms. The van der Waals surface area contributed by atoms with Gasteiger partial charge in [-0.1, -0.05) is 0 Å². The van der Waals surface area contributed by atoms with E-state index in [0.717, 1.165) is 55.1 Å². The van der Waals surface area contributed by atoms with Gasteiger partial charge < -0.3 is 9.88 Å². The zero-order chi connectivity index (χ0) is 18.8. The van der Waals surface area contributed by atoms with Crippen LogP contribution in [0.3, 0.4) is 0 Å². The number of rotatable bonds is 3. The molecule has 0 spiro atoms. The number of H-pyrrole nitrogens is 1. The van der Waals surface area contributed by atoms with Gasteiger partial charge in [0.2, 0.25) is 0 Å². The molecule has 1 N–H and O–H groups in total. The summed E-state index contributed by atoms with van der Waals surface area (Å²) in [6, 6.07) is 9.52. The van der Waals surface area contributed by atoms with Crippen molar-refractivity contribution in [1.82, 2.24) is 19.9 Å². The molecular formula is C19H17BrN6O. The maximum Gasteiger partial charge on any atom is 0.262 e. The first-order chi connectivity index (χ1) is 13.1. The third kappa shape index (κ3) is 3.84. The van der Waals surface area contributed by atoms with Gasteiger partial charge in [-0.25, -0.2) is 4.98 Å². The van der Waals surface area contributed by atoms with Crippen LogP contribution in [0.15, 0.2) is 45.9 Å². The minimum atomic E-state index is -0.148. The van der Waals surface area contributed by atoms with Gasteiger partial charge in [0.05, 0.1) is 21.1 Å². The molecule has 0 saturated carbocycles. The zero-order valence-electron chi connectivity index (χ0n) is 14.5. The Bertz CT molecular complexity index is 1060. The number of aromatic amines is 1. The van der Waals surface area contributed by atoms with Gasteiger partial charge >= 0.3 is 0 Å². The van der Waals surface area contributed by atoms with E-state index in [1.807, 2.05) is 18.3 Å². The van der Waals surface area contributed by atoms with Crippen molar-refractivity contribution in [1.29, 1.82) is 5.26 Å². The molecule has 1 saturated heterocycles. The molecule has 3 aromatic heterocycles. The van der Waals surface area contributed by atoms with Crippen molar-refractivity contribution in [3.8, 4) is 6.07 Å². The molecule has 7 nitrogen and oxygen atoms in total. The lowest BCUT2D eigenvalue weighted by molar-refractivity contribution is 0.249. The Morgan fingerprint density at radius 1 is 1.15 bits per heavy atom. The highest BCUT2D eigenvalue weighted by Crippen LogP contribution is 2.17. The quantitative estimate of drug-likeness (QED) is 0.693. The molecule has 136 valence electrons. The largest absolute Gasteiger partial charge is 0.354 e. The van der Waals surface area contributed by atoms with Crippen molar-refractivity contribution in [2.75, 3.05) is 31.1 Å². The number of hydrogen-bond donors (Lipinski definition) is 1. The lowest BCUT2D eigenvalue weighted by Gasteiger charge is -2.35. The molecular weight excluding hydrogens is 408 g/mol. The van der Waals surface area contributed by atoms with E-state index in [1.54, 1.807) is 18.3 Å². The van der Waals surface area contributed by atoms with Crippen molar-refractivity contribution in [2.45, 2.75) is 6.54 Å². The molecule has 0 amide bonds. The van der Waals surface area contributed by atoms with Crippen molar-refractivity contribution in [2.24, 2.45) is 0 Å². The Balaban J connectivity index is 1.41. The number of anilines is 1. The van der Waals surface area contributed by atoms with E-state index in [4.69, 9.17) is 5.26 Å². The van der Waals surface area contributed by atoms with Crippen molar-refractivity contribution >= 4 is 32.8 Å². The van der Waals surface area contributed by atoms with Crippen molar-refractivity contribution < 1.29 is 0 Å². The van der Waals surface area contributed by atoms with Gasteiger partial charge in [0.15, 0.2) is 0 Å². The van der Waals surface area contributed by atoms with Gasteiger partial charge in [-0.05, 0) is 45.8 Å². The predicted molar refractivity (Wildman–Crippen MR) is 107 cm³/mol. The average Bonchev–Trinajstić information content (AvgIpc) is 2.70. The second kappa shape index (κ2) is 7.47. The molecule has 8 heteroatoms. The normalized spacial score (nSPS) is 15.0. The summed E-state index contributed by atoms with van der Waals surface area (Å²) in [6.07, 6.45) is 3.48. The van der Waals surface area contributed by atoms with E-state index in [1.165, 1.54) is 0 Å². The topological polar surface area (TPSA) is 88.9 Å². The van der Waals surface area contributed by atoms with Crippen LogP contribution in [-0.4, -0.2) is 46.0 Å². The average molecular weight is 425 g/mol. The summed E-state index contributed by atoms with van der Waals surface area (Å²) in [4.78, 5) is 28.0. The monoisotopic (exact) mass is 424 g/mol. The van der Waals surface area contributed by atoms with Crippen LogP contribution in [0.1, 0.15) is 11.1 Å². The molecule has 0 unspecified atom stereocenters. The summed E-state index contributed by atoms with van der Waals surface area (Å²) >= 11 is 3.23. The molecule has 3 aromatic rings. The number of nitrogens with zero attached hydrogens (tertiary/aromatic N) is 5. The zero-order valence-corrected chi connectivity index (χ0v) is 16.1. The number of piperazine rings is 1. The Kier molecular flexibility index (Phi) is 4.88. The van der Waals surface area contributed by atoms with E-state index in [0.29, 0.717) is 10.0 Å². The number of aromatic nitrogens is 3. The third-order valence-electron chi connectivity index (χ3n) is 4.68. The summed E-state index contributed by atoms with van der Waals surface area (Å²) in [5, 5.41) is 8.87. The van der Waals surface area contributed by atoms with Crippen LogP contribution in [0.2, 0.25) is 0 Å². The van der Waals surface area contributed by atoms with Crippen LogP contribution in [0.4, 0.5) is 5.82 Å². The highest BCUT2D eigenvalue weighted by Gasteiger charge is 2.18. The number of pyridine rings is 3. The Morgan fingerprint density at radius 3 is 2.67 bits per heavy atom. The Morgan fingerprint density at radius 2 is 1.96 bits per heavy atom. The lowest BCUT2D eigenvalue weighted by Crippen LogP contribution is -2.46. The SMILES string of the molecule is N#Cc1ccc(N2CCN(Cc3cnc4cc(Br)c(=O)[nH]c4c3)CC2)nc1. The van der Waals surface area contributed by atoms with Gasteiger partial charge in [-0.3, -0.25) is 14.7 Å². The van der Waals surface area contributed by atoms with E-state index < -0.39 is 0 Å². The van der Waals surface area contributed by atoms with E-state index in [9.17, 15) is 4.79 Å². The molecule has 1 aliphatic heterocycles. The first kappa shape index (κ1) is 17.6. The van der Waals surface area contributed by atoms with Crippen LogP contribution in [0, 0.1) is 11.3 Å². The molecule has 1 fully saturated rings. The third-order valence-corrected chi connectivity index (χ3v) is 5.27. The fourth-order valence-corrected chi connectivity index (χ4v) is 3.54. The molecule has 1 aliphatic rings. The molecule has 0 aromatic carbocycles. The molecule has 0 atom stereocenters. The van der Waals surface area contributed by atoms with Crippen molar-refractivity contribution in [3.05, 3.63) is 62.6 Å². The van der Waals surface area contributed by atoms with Crippen molar-refractivity contribution in [3.63, 3.8) is 0 Å². The lowest BCUT2D eigenvalue weighted by atomic mass is 10.2. The van der Waals surface area contributed by atoms with Crippen LogP contribution in [-0.2, 0) is 6.54 Å². The number of fused-ring (bicyclic) bond motifs is 1. The van der Waals surface area contributed by atoms with Crippen LogP contribution < -0.4 is 10.5 Å². The van der Waals surface area contributed by atoms with Gasteiger partial charge in [0, 0.05) is 45.1 Å². The van der Waals surface area contributed by atoms with Crippen LogP contribution in [0.25, 0.3) is 11.0 Å².